The molecule has 0 radical (unpaired) electrons. The Labute approximate surface area is 91.8 Å². The molecule has 1 aliphatic rings. The maximum atomic E-state index is 11.4. The third kappa shape index (κ3) is 3.47. The Kier molecular flexibility index (Phi) is 5.05. The molecule has 88 valence electrons. The van der Waals surface area contributed by atoms with Crippen molar-refractivity contribution in [2.24, 2.45) is 5.73 Å². The van der Waals surface area contributed by atoms with Crippen molar-refractivity contribution in [1.82, 2.24) is 4.90 Å². The standard InChI is InChI=1S/C11H22N2O2/c1-3-9-6-5-7-13(9)8-10(12)11(14)15-4-2/h9-10H,3-8,12H2,1-2H3. The van der Waals surface area contributed by atoms with Crippen LogP contribution in [0.4, 0.5) is 0 Å². The summed E-state index contributed by atoms with van der Waals surface area (Å²) in [4.78, 5) is 13.7. The van der Waals surface area contributed by atoms with Gasteiger partial charge in [-0.15, -0.1) is 0 Å². The van der Waals surface area contributed by atoms with Gasteiger partial charge in [0, 0.05) is 12.6 Å². The van der Waals surface area contributed by atoms with Crippen LogP contribution >= 0.6 is 0 Å². The second kappa shape index (κ2) is 6.08. The normalized spacial score (nSPS) is 24.1. The molecule has 0 saturated carbocycles. The van der Waals surface area contributed by atoms with Crippen molar-refractivity contribution in [2.75, 3.05) is 19.7 Å². The number of carbonyl (C=O) groups excluding carboxylic acids is 1. The van der Waals surface area contributed by atoms with Crippen LogP contribution in [0.3, 0.4) is 0 Å². The SMILES string of the molecule is CCOC(=O)C(N)CN1CCCC1CC. The average Bonchev–Trinajstić information content (AvgIpc) is 2.65. The second-order valence-corrected chi connectivity index (χ2v) is 4.06. The van der Waals surface area contributed by atoms with Crippen molar-refractivity contribution < 1.29 is 9.53 Å². The van der Waals surface area contributed by atoms with Gasteiger partial charge in [-0.05, 0) is 32.7 Å². The Morgan fingerprint density at radius 1 is 1.60 bits per heavy atom. The fourth-order valence-electron chi connectivity index (χ4n) is 2.17. The number of likely N-dealkylation sites (tertiary alicyclic amines) is 1. The van der Waals surface area contributed by atoms with Gasteiger partial charge in [0.2, 0.25) is 0 Å². The monoisotopic (exact) mass is 214 g/mol. The molecule has 15 heavy (non-hydrogen) atoms. The van der Waals surface area contributed by atoms with Crippen molar-refractivity contribution in [2.45, 2.75) is 45.2 Å². The van der Waals surface area contributed by atoms with E-state index in [2.05, 4.69) is 11.8 Å². The summed E-state index contributed by atoms with van der Waals surface area (Å²) >= 11 is 0. The molecule has 0 bridgehead atoms. The topological polar surface area (TPSA) is 55.6 Å². The lowest BCUT2D eigenvalue weighted by molar-refractivity contribution is -0.145. The van der Waals surface area contributed by atoms with Crippen LogP contribution in [0.2, 0.25) is 0 Å². The van der Waals surface area contributed by atoms with Crippen LogP contribution in [0.15, 0.2) is 0 Å². The quantitative estimate of drug-likeness (QED) is 0.686. The highest BCUT2D eigenvalue weighted by atomic mass is 16.5. The van der Waals surface area contributed by atoms with Gasteiger partial charge in [-0.25, -0.2) is 0 Å². The lowest BCUT2D eigenvalue weighted by Crippen LogP contribution is -2.45. The summed E-state index contributed by atoms with van der Waals surface area (Å²) in [6.45, 7) is 6.08. The minimum Gasteiger partial charge on any atom is -0.465 e. The Balaban J connectivity index is 2.36. The van der Waals surface area contributed by atoms with E-state index in [0.717, 1.165) is 13.0 Å². The molecular formula is C11H22N2O2. The lowest BCUT2D eigenvalue weighted by Gasteiger charge is -2.25. The molecule has 2 atom stereocenters. The van der Waals surface area contributed by atoms with Gasteiger partial charge in [-0.2, -0.15) is 0 Å². The molecule has 1 rings (SSSR count). The van der Waals surface area contributed by atoms with E-state index in [4.69, 9.17) is 10.5 Å². The zero-order valence-corrected chi connectivity index (χ0v) is 9.74. The summed E-state index contributed by atoms with van der Waals surface area (Å²) in [7, 11) is 0. The van der Waals surface area contributed by atoms with Gasteiger partial charge in [0.05, 0.1) is 6.61 Å². The predicted molar refractivity (Wildman–Crippen MR) is 59.5 cm³/mol. The first-order valence-corrected chi connectivity index (χ1v) is 5.85. The number of hydrogen-bond acceptors (Lipinski definition) is 4. The minimum atomic E-state index is -0.489. The molecule has 2 unspecified atom stereocenters. The zero-order valence-electron chi connectivity index (χ0n) is 9.74. The highest BCUT2D eigenvalue weighted by molar-refractivity contribution is 5.75. The molecular weight excluding hydrogens is 192 g/mol. The molecule has 1 saturated heterocycles. The van der Waals surface area contributed by atoms with E-state index < -0.39 is 6.04 Å². The molecule has 1 heterocycles. The van der Waals surface area contributed by atoms with Gasteiger partial charge < -0.3 is 10.5 Å². The van der Waals surface area contributed by atoms with Crippen LogP contribution in [0.1, 0.15) is 33.1 Å². The van der Waals surface area contributed by atoms with Crippen LogP contribution < -0.4 is 5.73 Å². The van der Waals surface area contributed by atoms with E-state index in [1.807, 2.05) is 0 Å². The second-order valence-electron chi connectivity index (χ2n) is 4.06. The molecule has 1 aliphatic heterocycles. The van der Waals surface area contributed by atoms with E-state index in [0.29, 0.717) is 19.2 Å². The molecule has 0 aromatic rings. The van der Waals surface area contributed by atoms with E-state index in [9.17, 15) is 4.79 Å². The van der Waals surface area contributed by atoms with Gasteiger partial charge >= 0.3 is 5.97 Å². The third-order valence-corrected chi connectivity index (χ3v) is 2.99. The van der Waals surface area contributed by atoms with Crippen LogP contribution in [0.25, 0.3) is 0 Å². The first-order chi connectivity index (χ1) is 7.19. The molecule has 1 fully saturated rings. The van der Waals surface area contributed by atoms with Crippen LogP contribution in [0.5, 0.6) is 0 Å². The lowest BCUT2D eigenvalue weighted by atomic mass is 10.1. The molecule has 0 aromatic carbocycles. The summed E-state index contributed by atoms with van der Waals surface area (Å²) in [6.07, 6.45) is 3.58. The largest absolute Gasteiger partial charge is 0.465 e. The summed E-state index contributed by atoms with van der Waals surface area (Å²) in [5.41, 5.74) is 5.78. The van der Waals surface area contributed by atoms with Crippen molar-refractivity contribution in [1.29, 1.82) is 0 Å². The smallest absolute Gasteiger partial charge is 0.324 e. The van der Waals surface area contributed by atoms with Crippen molar-refractivity contribution in [3.8, 4) is 0 Å². The van der Waals surface area contributed by atoms with E-state index in [1.165, 1.54) is 12.8 Å². The van der Waals surface area contributed by atoms with Crippen LogP contribution in [0, 0.1) is 0 Å². The molecule has 4 heteroatoms. The van der Waals surface area contributed by atoms with E-state index in [-0.39, 0.29) is 5.97 Å². The zero-order chi connectivity index (χ0) is 11.3. The Morgan fingerprint density at radius 3 is 2.93 bits per heavy atom. The van der Waals surface area contributed by atoms with Crippen molar-refractivity contribution >= 4 is 5.97 Å². The molecule has 4 nitrogen and oxygen atoms in total. The van der Waals surface area contributed by atoms with E-state index >= 15 is 0 Å². The third-order valence-electron chi connectivity index (χ3n) is 2.99. The molecule has 0 aliphatic carbocycles. The number of esters is 1. The fourth-order valence-corrected chi connectivity index (χ4v) is 2.17. The molecule has 2 N–H and O–H groups in total. The summed E-state index contributed by atoms with van der Waals surface area (Å²) in [5.74, 6) is -0.278. The van der Waals surface area contributed by atoms with Gasteiger partial charge in [-0.1, -0.05) is 6.92 Å². The Bertz CT molecular complexity index is 209. The predicted octanol–water partition coefficient (Wildman–Crippen LogP) is 0.751. The Morgan fingerprint density at radius 2 is 2.33 bits per heavy atom. The maximum Gasteiger partial charge on any atom is 0.324 e. The number of nitrogens with zero attached hydrogens (tertiary/aromatic N) is 1. The summed E-state index contributed by atoms with van der Waals surface area (Å²) in [5, 5.41) is 0. The van der Waals surface area contributed by atoms with E-state index in [1.54, 1.807) is 6.92 Å². The molecule has 0 aromatic heterocycles. The van der Waals surface area contributed by atoms with Crippen molar-refractivity contribution in [3.05, 3.63) is 0 Å². The number of nitrogens with two attached hydrogens (primary N) is 1. The van der Waals surface area contributed by atoms with Crippen LogP contribution in [-0.2, 0) is 9.53 Å². The fraction of sp³-hybridized carbons (Fsp3) is 0.909. The van der Waals surface area contributed by atoms with Crippen LogP contribution in [-0.4, -0.2) is 42.6 Å². The molecule has 0 amide bonds. The number of hydrogen-bond donors (Lipinski definition) is 1. The average molecular weight is 214 g/mol. The number of rotatable bonds is 5. The number of ether oxygens (including phenoxy) is 1. The minimum absolute atomic E-state index is 0.278. The maximum absolute atomic E-state index is 11.4. The highest BCUT2D eigenvalue weighted by Crippen LogP contribution is 2.19. The first-order valence-electron chi connectivity index (χ1n) is 5.85. The van der Waals surface area contributed by atoms with Gasteiger partial charge in [0.1, 0.15) is 6.04 Å². The summed E-state index contributed by atoms with van der Waals surface area (Å²) in [6, 6.07) is 0.113. The summed E-state index contributed by atoms with van der Waals surface area (Å²) < 4.78 is 4.89. The van der Waals surface area contributed by atoms with Gasteiger partial charge in [-0.3, -0.25) is 9.69 Å². The first kappa shape index (κ1) is 12.5. The van der Waals surface area contributed by atoms with Gasteiger partial charge in [0.15, 0.2) is 0 Å². The highest BCUT2D eigenvalue weighted by Gasteiger charge is 2.26. The van der Waals surface area contributed by atoms with Crippen molar-refractivity contribution in [3.63, 3.8) is 0 Å². The van der Waals surface area contributed by atoms with Gasteiger partial charge in [0.25, 0.3) is 0 Å². The Hall–Kier alpha value is -0.610. The number of carbonyl (C=O) groups is 1. The molecule has 0 spiro atoms.